The largest absolute Gasteiger partial charge is 0.471 e. The molecule has 0 unspecified atom stereocenters. The van der Waals surface area contributed by atoms with E-state index in [2.05, 4.69) is 38.1 Å². The van der Waals surface area contributed by atoms with Gasteiger partial charge in [0.25, 0.3) is 0 Å². The van der Waals surface area contributed by atoms with Gasteiger partial charge in [-0.25, -0.2) is 20.8 Å². The van der Waals surface area contributed by atoms with Crippen molar-refractivity contribution in [1.82, 2.24) is 35.0 Å². The summed E-state index contributed by atoms with van der Waals surface area (Å²) < 4.78 is 5.87. The number of hydrogen-bond donors (Lipinski definition) is 2. The van der Waals surface area contributed by atoms with Crippen LogP contribution in [0.25, 0.3) is 11.5 Å². The molecule has 3 aromatic heterocycles. The molecule has 4 N–H and O–H groups in total. The van der Waals surface area contributed by atoms with Crippen molar-refractivity contribution >= 4 is 11.4 Å². The Morgan fingerprint density at radius 2 is 1.88 bits per heavy atom. The fourth-order valence-electron chi connectivity index (χ4n) is 3.84. The molecule has 11 heteroatoms. The van der Waals surface area contributed by atoms with Gasteiger partial charge < -0.3 is 20.4 Å². The Labute approximate surface area is 193 Å². The maximum atomic E-state index is 6.51. The lowest BCUT2D eigenvalue weighted by molar-refractivity contribution is 0.286. The molecule has 0 aliphatic carbocycles. The van der Waals surface area contributed by atoms with Crippen LogP contribution in [0.15, 0.2) is 42.6 Å². The molecule has 174 valence electrons. The van der Waals surface area contributed by atoms with Crippen LogP contribution in [-0.4, -0.2) is 61.7 Å². The highest BCUT2D eigenvalue weighted by Gasteiger charge is 2.18. The Kier molecular flexibility index (Phi) is 6.98. The van der Waals surface area contributed by atoms with E-state index in [1.165, 1.54) is 41.1 Å². The summed E-state index contributed by atoms with van der Waals surface area (Å²) in [6.45, 7) is 4.36. The maximum Gasteiger partial charge on any atom is 0.218 e. The van der Waals surface area contributed by atoms with E-state index in [0.717, 1.165) is 25.2 Å². The van der Waals surface area contributed by atoms with Crippen molar-refractivity contribution in [3.05, 3.63) is 54.0 Å². The summed E-state index contributed by atoms with van der Waals surface area (Å²) in [5.74, 6) is 6.93. The molecule has 33 heavy (non-hydrogen) atoms. The zero-order valence-electron chi connectivity index (χ0n) is 19.1. The zero-order chi connectivity index (χ0) is 23.2. The zero-order valence-corrected chi connectivity index (χ0v) is 19.1. The molecule has 0 amide bonds. The quantitative estimate of drug-likeness (QED) is 0.384. The third-order valence-electron chi connectivity index (χ3n) is 5.60. The van der Waals surface area contributed by atoms with Crippen molar-refractivity contribution in [2.24, 2.45) is 11.6 Å². The summed E-state index contributed by atoms with van der Waals surface area (Å²) in [5, 5.41) is 9.58. The summed E-state index contributed by atoms with van der Waals surface area (Å²) >= 11 is 0. The minimum atomic E-state index is 0.110. The van der Waals surface area contributed by atoms with Gasteiger partial charge in [0, 0.05) is 26.2 Å². The Balaban J connectivity index is 1.55. The molecular formula is C22H30N10O. The average Bonchev–Trinajstić information content (AvgIpc) is 3.39. The maximum absolute atomic E-state index is 6.51. The van der Waals surface area contributed by atoms with Crippen LogP contribution in [0, 0.1) is 0 Å². The lowest BCUT2D eigenvalue weighted by Gasteiger charge is -2.30. The van der Waals surface area contributed by atoms with Crippen molar-refractivity contribution < 1.29 is 4.74 Å². The number of anilines is 1. The second-order valence-electron chi connectivity index (χ2n) is 7.86. The molecule has 0 radical (unpaired) electrons. The average molecular weight is 451 g/mol. The van der Waals surface area contributed by atoms with Gasteiger partial charge >= 0.3 is 0 Å². The third-order valence-corrected chi connectivity index (χ3v) is 5.60. The van der Waals surface area contributed by atoms with Crippen LogP contribution in [0.4, 0.5) is 5.69 Å². The van der Waals surface area contributed by atoms with E-state index in [0.29, 0.717) is 28.8 Å². The standard InChI is InChI=1S/C22H30N10O/c1-3-16-18(31-11-5-4-6-12-31)8-7-17(29-16)22(23)19(30(2)24)14-33-21-13-20(25-15-26-21)32-27-9-10-28-32/h7-10,13,15H,3-6,11-12,14,23-24H2,1-2H3/b22-19-. The van der Waals surface area contributed by atoms with Gasteiger partial charge in [0.2, 0.25) is 5.88 Å². The second-order valence-corrected chi connectivity index (χ2v) is 7.86. The highest BCUT2D eigenvalue weighted by atomic mass is 16.5. The predicted molar refractivity (Wildman–Crippen MR) is 125 cm³/mol. The van der Waals surface area contributed by atoms with Gasteiger partial charge in [-0.05, 0) is 37.8 Å². The first-order valence-electron chi connectivity index (χ1n) is 11.1. The number of hydrazine groups is 1. The van der Waals surface area contributed by atoms with E-state index in [9.17, 15) is 0 Å². The molecule has 1 aliphatic heterocycles. The summed E-state index contributed by atoms with van der Waals surface area (Å²) in [6.07, 6.45) is 9.08. The molecule has 0 atom stereocenters. The molecule has 1 saturated heterocycles. The van der Waals surface area contributed by atoms with E-state index >= 15 is 0 Å². The van der Waals surface area contributed by atoms with E-state index in [-0.39, 0.29) is 6.61 Å². The number of piperidine rings is 1. The second kappa shape index (κ2) is 10.3. The van der Waals surface area contributed by atoms with Crippen molar-refractivity contribution in [3.8, 4) is 11.7 Å². The monoisotopic (exact) mass is 450 g/mol. The number of nitrogens with zero attached hydrogens (tertiary/aromatic N) is 8. The van der Waals surface area contributed by atoms with E-state index in [4.69, 9.17) is 21.3 Å². The number of rotatable bonds is 8. The van der Waals surface area contributed by atoms with Crippen LogP contribution in [-0.2, 0) is 6.42 Å². The fourth-order valence-corrected chi connectivity index (χ4v) is 3.84. The van der Waals surface area contributed by atoms with Gasteiger partial charge in [-0.3, -0.25) is 0 Å². The smallest absolute Gasteiger partial charge is 0.218 e. The fraction of sp³-hybridized carbons (Fsp3) is 0.409. The molecule has 0 spiro atoms. The molecule has 3 aromatic rings. The number of aryl methyl sites for hydroxylation is 1. The Morgan fingerprint density at radius 1 is 1.12 bits per heavy atom. The van der Waals surface area contributed by atoms with Gasteiger partial charge in [-0.2, -0.15) is 10.2 Å². The van der Waals surface area contributed by atoms with E-state index in [1.807, 2.05) is 6.07 Å². The predicted octanol–water partition coefficient (Wildman–Crippen LogP) is 1.52. The third kappa shape index (κ3) is 5.20. The summed E-state index contributed by atoms with van der Waals surface area (Å²) in [5.41, 5.74) is 10.5. The number of hydrogen-bond acceptors (Lipinski definition) is 10. The number of aromatic nitrogens is 6. The molecule has 0 saturated carbocycles. The van der Waals surface area contributed by atoms with E-state index < -0.39 is 0 Å². The van der Waals surface area contributed by atoms with Crippen LogP contribution in [0.5, 0.6) is 5.88 Å². The van der Waals surface area contributed by atoms with Gasteiger partial charge in [-0.1, -0.05) is 6.92 Å². The summed E-state index contributed by atoms with van der Waals surface area (Å²) in [7, 11) is 1.72. The lowest BCUT2D eigenvalue weighted by atomic mass is 10.1. The topological polar surface area (TPSA) is 137 Å². The summed E-state index contributed by atoms with van der Waals surface area (Å²) in [6, 6.07) is 5.71. The Morgan fingerprint density at radius 3 is 2.58 bits per heavy atom. The summed E-state index contributed by atoms with van der Waals surface area (Å²) in [4.78, 5) is 17.0. The minimum Gasteiger partial charge on any atom is -0.471 e. The molecule has 1 aliphatic rings. The lowest BCUT2D eigenvalue weighted by Crippen LogP contribution is -2.32. The van der Waals surface area contributed by atoms with Crippen LogP contribution >= 0.6 is 0 Å². The first-order valence-corrected chi connectivity index (χ1v) is 11.1. The van der Waals surface area contributed by atoms with Crippen LogP contribution in [0.3, 0.4) is 0 Å². The van der Waals surface area contributed by atoms with Gasteiger partial charge in [0.05, 0.1) is 40.9 Å². The minimum absolute atomic E-state index is 0.110. The molecule has 1 fully saturated rings. The normalized spacial score (nSPS) is 14.7. The van der Waals surface area contributed by atoms with Crippen LogP contribution < -0.4 is 21.2 Å². The molecule has 0 aromatic carbocycles. The number of ether oxygens (including phenoxy) is 1. The molecular weight excluding hydrogens is 420 g/mol. The van der Waals surface area contributed by atoms with Crippen LogP contribution in [0.1, 0.15) is 37.6 Å². The van der Waals surface area contributed by atoms with Crippen molar-refractivity contribution in [2.75, 3.05) is 31.6 Å². The first kappa shape index (κ1) is 22.5. The van der Waals surface area contributed by atoms with Crippen LogP contribution in [0.2, 0.25) is 0 Å². The highest BCUT2D eigenvalue weighted by molar-refractivity contribution is 5.65. The number of nitrogens with two attached hydrogens (primary N) is 2. The molecule has 11 nitrogen and oxygen atoms in total. The number of pyridine rings is 1. The highest BCUT2D eigenvalue weighted by Crippen LogP contribution is 2.26. The van der Waals surface area contributed by atoms with Crippen molar-refractivity contribution in [3.63, 3.8) is 0 Å². The Hall–Kier alpha value is -3.73. The molecule has 4 rings (SSSR count). The van der Waals surface area contributed by atoms with Gasteiger partial charge in [0.1, 0.15) is 12.9 Å². The first-order chi connectivity index (χ1) is 16.1. The SMILES string of the molecule is CCc1nc(/C(N)=C(\COc2cc(-n3nccn3)ncn2)N(C)N)ccc1N1CCCCC1. The number of likely N-dealkylation sites (N-methyl/N-ethyl adjacent to an activating group) is 1. The van der Waals surface area contributed by atoms with Gasteiger partial charge in [0.15, 0.2) is 5.82 Å². The van der Waals surface area contributed by atoms with Gasteiger partial charge in [-0.15, -0.1) is 4.80 Å². The van der Waals surface area contributed by atoms with Crippen molar-refractivity contribution in [2.45, 2.75) is 32.6 Å². The molecule has 4 heterocycles. The Bertz CT molecular complexity index is 1090. The van der Waals surface area contributed by atoms with Crippen molar-refractivity contribution in [1.29, 1.82) is 0 Å². The molecule has 0 bridgehead atoms. The van der Waals surface area contributed by atoms with E-state index in [1.54, 1.807) is 25.5 Å².